The predicted octanol–water partition coefficient (Wildman–Crippen LogP) is 7.48. The predicted molar refractivity (Wildman–Crippen MR) is 146 cm³/mol. The van der Waals surface area contributed by atoms with E-state index in [1.807, 2.05) is 84.9 Å². The van der Waals surface area contributed by atoms with Crippen LogP contribution in [0.2, 0.25) is 0 Å². The van der Waals surface area contributed by atoms with E-state index in [0.717, 1.165) is 35.5 Å². The molecule has 1 heterocycles. The molecule has 4 aromatic rings. The van der Waals surface area contributed by atoms with Gasteiger partial charge in [0.2, 0.25) is 0 Å². The summed E-state index contributed by atoms with van der Waals surface area (Å²) in [5.41, 5.74) is 2.83. The molecule has 0 saturated heterocycles. The van der Waals surface area contributed by atoms with Gasteiger partial charge in [0.1, 0.15) is 12.4 Å². The Balaban J connectivity index is 1.43. The van der Waals surface area contributed by atoms with Crippen LogP contribution in [0.5, 0.6) is 5.75 Å². The summed E-state index contributed by atoms with van der Waals surface area (Å²) in [5, 5.41) is 0. The number of rotatable bonds is 13. The normalized spacial score (nSPS) is 11.8. The molecule has 0 aliphatic carbocycles. The van der Waals surface area contributed by atoms with Crippen molar-refractivity contribution in [2.24, 2.45) is 5.92 Å². The number of hydrogen-bond donors (Lipinski definition) is 0. The fourth-order valence-corrected chi connectivity index (χ4v) is 4.00. The zero-order valence-electron chi connectivity index (χ0n) is 21.3. The molecular weight excluding hydrogens is 446 g/mol. The highest BCUT2D eigenvalue weighted by molar-refractivity contribution is 5.66. The summed E-state index contributed by atoms with van der Waals surface area (Å²) in [5.74, 6) is 3.39. The van der Waals surface area contributed by atoms with Gasteiger partial charge in [-0.05, 0) is 36.6 Å². The third-order valence-corrected chi connectivity index (χ3v) is 6.21. The van der Waals surface area contributed by atoms with Gasteiger partial charge < -0.3 is 9.47 Å². The molecule has 1 unspecified atom stereocenters. The molecule has 0 aliphatic rings. The fraction of sp³-hybridized carbons (Fsp3) is 0.323. The van der Waals surface area contributed by atoms with Crippen molar-refractivity contribution in [2.75, 3.05) is 19.8 Å². The quantitative estimate of drug-likeness (QED) is 0.185. The molecule has 0 saturated carbocycles. The number of unbranched alkanes of at least 4 members (excludes halogenated alkanes) is 1. The minimum atomic E-state index is 0.533. The molecular formula is C31H35N3O2. The van der Waals surface area contributed by atoms with Crippen LogP contribution in [0.4, 0.5) is 0 Å². The van der Waals surface area contributed by atoms with E-state index < -0.39 is 0 Å². The first-order valence-corrected chi connectivity index (χ1v) is 12.9. The molecule has 36 heavy (non-hydrogen) atoms. The average molecular weight is 482 g/mol. The third-order valence-electron chi connectivity index (χ3n) is 6.21. The molecule has 0 amide bonds. The molecule has 186 valence electrons. The summed E-state index contributed by atoms with van der Waals surface area (Å²) < 4.78 is 11.8. The molecule has 0 fully saturated rings. The van der Waals surface area contributed by atoms with Crippen molar-refractivity contribution in [2.45, 2.75) is 39.5 Å². The Morgan fingerprint density at radius 2 is 1.17 bits per heavy atom. The van der Waals surface area contributed by atoms with Crippen molar-refractivity contribution in [1.29, 1.82) is 0 Å². The van der Waals surface area contributed by atoms with E-state index in [1.54, 1.807) is 0 Å². The van der Waals surface area contributed by atoms with Crippen LogP contribution < -0.4 is 4.74 Å². The van der Waals surface area contributed by atoms with Crippen molar-refractivity contribution < 1.29 is 9.47 Å². The van der Waals surface area contributed by atoms with Gasteiger partial charge in [-0.2, -0.15) is 0 Å². The minimum Gasteiger partial charge on any atom is -0.491 e. The fourth-order valence-electron chi connectivity index (χ4n) is 4.00. The second-order valence-electron chi connectivity index (χ2n) is 8.90. The van der Waals surface area contributed by atoms with Crippen LogP contribution in [0.3, 0.4) is 0 Å². The first-order valence-electron chi connectivity index (χ1n) is 12.9. The van der Waals surface area contributed by atoms with Crippen molar-refractivity contribution in [3.8, 4) is 39.9 Å². The molecule has 3 aromatic carbocycles. The van der Waals surface area contributed by atoms with Gasteiger partial charge >= 0.3 is 0 Å². The maximum absolute atomic E-state index is 5.90. The Morgan fingerprint density at radius 3 is 1.67 bits per heavy atom. The first-order chi connectivity index (χ1) is 17.8. The Bertz CT molecular complexity index is 1120. The van der Waals surface area contributed by atoms with Gasteiger partial charge in [0.15, 0.2) is 17.5 Å². The number of nitrogens with zero attached hydrogens (tertiary/aromatic N) is 3. The second kappa shape index (κ2) is 13.5. The largest absolute Gasteiger partial charge is 0.491 e. The Kier molecular flexibility index (Phi) is 9.57. The number of aromatic nitrogens is 3. The molecule has 5 heteroatoms. The van der Waals surface area contributed by atoms with E-state index in [1.165, 1.54) is 19.3 Å². The highest BCUT2D eigenvalue weighted by atomic mass is 16.5. The first kappa shape index (κ1) is 25.5. The zero-order chi connectivity index (χ0) is 25.0. The number of benzene rings is 3. The van der Waals surface area contributed by atoms with Gasteiger partial charge in [0, 0.05) is 23.3 Å². The van der Waals surface area contributed by atoms with Crippen LogP contribution in [0.1, 0.15) is 39.5 Å². The molecule has 0 N–H and O–H groups in total. The van der Waals surface area contributed by atoms with Crippen molar-refractivity contribution in [3.05, 3.63) is 84.9 Å². The number of hydrogen-bond acceptors (Lipinski definition) is 5. The SMILES string of the molecule is CCCCC(CC)COCCOc1ccc(-c2nc(-c3ccccc3)nc(-c3ccccc3)n2)cc1. The van der Waals surface area contributed by atoms with Gasteiger partial charge in [-0.1, -0.05) is 93.8 Å². The lowest BCUT2D eigenvalue weighted by molar-refractivity contribution is 0.0699. The lowest BCUT2D eigenvalue weighted by Crippen LogP contribution is -2.13. The summed E-state index contributed by atoms with van der Waals surface area (Å²) in [6.07, 6.45) is 4.91. The van der Waals surface area contributed by atoms with Crippen LogP contribution in [-0.4, -0.2) is 34.8 Å². The van der Waals surface area contributed by atoms with E-state index in [-0.39, 0.29) is 0 Å². The Morgan fingerprint density at radius 1 is 0.639 bits per heavy atom. The van der Waals surface area contributed by atoms with E-state index in [2.05, 4.69) is 13.8 Å². The van der Waals surface area contributed by atoms with Crippen molar-refractivity contribution in [1.82, 2.24) is 15.0 Å². The topological polar surface area (TPSA) is 57.1 Å². The molecule has 5 nitrogen and oxygen atoms in total. The Labute approximate surface area is 214 Å². The maximum atomic E-state index is 5.90. The zero-order valence-corrected chi connectivity index (χ0v) is 21.3. The van der Waals surface area contributed by atoms with Gasteiger partial charge in [0.05, 0.1) is 6.61 Å². The summed E-state index contributed by atoms with van der Waals surface area (Å²) in [6, 6.07) is 27.9. The lowest BCUT2D eigenvalue weighted by Gasteiger charge is -2.15. The molecule has 1 atom stereocenters. The summed E-state index contributed by atoms with van der Waals surface area (Å²) in [4.78, 5) is 14.3. The van der Waals surface area contributed by atoms with Crippen molar-refractivity contribution >= 4 is 0 Å². The van der Waals surface area contributed by atoms with Gasteiger partial charge in [-0.25, -0.2) is 15.0 Å². The summed E-state index contributed by atoms with van der Waals surface area (Å²) in [7, 11) is 0. The van der Waals surface area contributed by atoms with E-state index >= 15 is 0 Å². The summed E-state index contributed by atoms with van der Waals surface area (Å²) >= 11 is 0. The molecule has 1 aromatic heterocycles. The smallest absolute Gasteiger partial charge is 0.164 e. The van der Waals surface area contributed by atoms with Crippen molar-refractivity contribution in [3.63, 3.8) is 0 Å². The van der Waals surface area contributed by atoms with Crippen LogP contribution in [0, 0.1) is 5.92 Å². The number of ether oxygens (including phenoxy) is 2. The van der Waals surface area contributed by atoms with E-state index in [4.69, 9.17) is 24.4 Å². The Hall–Kier alpha value is -3.57. The van der Waals surface area contributed by atoms with Crippen LogP contribution in [0.15, 0.2) is 84.9 Å². The van der Waals surface area contributed by atoms with Gasteiger partial charge in [-0.15, -0.1) is 0 Å². The molecule has 0 bridgehead atoms. The second-order valence-corrected chi connectivity index (χ2v) is 8.90. The minimum absolute atomic E-state index is 0.533. The standard InChI is InChI=1S/C31H35N3O2/c1-3-5-12-24(4-2)23-35-21-22-36-28-19-17-27(18-20-28)31-33-29(25-13-8-6-9-14-25)32-30(34-31)26-15-10-7-11-16-26/h6-11,13-20,24H,3-5,12,21-23H2,1-2H3. The van der Waals surface area contributed by atoms with Crippen LogP contribution in [-0.2, 0) is 4.74 Å². The summed E-state index contributed by atoms with van der Waals surface area (Å²) in [6.45, 7) is 6.41. The average Bonchev–Trinajstić information content (AvgIpc) is 2.95. The molecule has 0 spiro atoms. The molecule has 0 aliphatic heterocycles. The van der Waals surface area contributed by atoms with Gasteiger partial charge in [0.25, 0.3) is 0 Å². The third kappa shape index (κ3) is 7.22. The van der Waals surface area contributed by atoms with E-state index in [0.29, 0.717) is 36.6 Å². The molecule has 4 rings (SSSR count). The van der Waals surface area contributed by atoms with Crippen LogP contribution >= 0.6 is 0 Å². The van der Waals surface area contributed by atoms with Crippen LogP contribution in [0.25, 0.3) is 34.2 Å². The lowest BCUT2D eigenvalue weighted by atomic mass is 10.0. The highest BCUT2D eigenvalue weighted by Gasteiger charge is 2.12. The maximum Gasteiger partial charge on any atom is 0.164 e. The van der Waals surface area contributed by atoms with Gasteiger partial charge in [-0.3, -0.25) is 0 Å². The monoisotopic (exact) mass is 481 g/mol. The van der Waals surface area contributed by atoms with E-state index in [9.17, 15) is 0 Å². The molecule has 0 radical (unpaired) electrons. The highest BCUT2D eigenvalue weighted by Crippen LogP contribution is 2.25.